The number of carbonyl (C=O) groups is 1. The van der Waals surface area contributed by atoms with E-state index >= 15 is 0 Å². The van der Waals surface area contributed by atoms with Crippen LogP contribution in [0.4, 0.5) is 11.5 Å². The zero-order valence-corrected chi connectivity index (χ0v) is 16.3. The smallest absolute Gasteiger partial charge is 0.335 e. The fourth-order valence-corrected chi connectivity index (χ4v) is 3.66. The maximum Gasteiger partial charge on any atom is 0.335 e. The monoisotopic (exact) mass is 395 g/mol. The first-order valence-corrected chi connectivity index (χ1v) is 9.67. The van der Waals surface area contributed by atoms with Crippen molar-refractivity contribution in [2.24, 2.45) is 0 Å². The second-order valence-corrected chi connectivity index (χ2v) is 7.16. The minimum absolute atomic E-state index is 0.105. The summed E-state index contributed by atoms with van der Waals surface area (Å²) in [6.45, 7) is 5.85. The van der Waals surface area contributed by atoms with Gasteiger partial charge in [-0.05, 0) is 61.0 Å². The molecule has 0 bridgehead atoms. The van der Waals surface area contributed by atoms with E-state index in [1.54, 1.807) is 41.7 Å². The van der Waals surface area contributed by atoms with Gasteiger partial charge in [-0.2, -0.15) is 0 Å². The van der Waals surface area contributed by atoms with Gasteiger partial charge in [0.1, 0.15) is 5.82 Å². The van der Waals surface area contributed by atoms with Gasteiger partial charge in [0.05, 0.1) is 10.4 Å². The van der Waals surface area contributed by atoms with E-state index in [0.29, 0.717) is 24.5 Å². The molecule has 144 valence electrons. The maximum absolute atomic E-state index is 11.0. The maximum atomic E-state index is 11.0. The topological polar surface area (TPSA) is 95.3 Å². The Hall–Kier alpha value is -3.03. The van der Waals surface area contributed by atoms with E-state index in [1.165, 1.54) is 0 Å². The van der Waals surface area contributed by atoms with Crippen molar-refractivity contribution in [3.63, 3.8) is 0 Å². The van der Waals surface area contributed by atoms with Crippen LogP contribution in [0.5, 0.6) is 0 Å². The van der Waals surface area contributed by atoms with Crippen molar-refractivity contribution in [1.29, 1.82) is 0 Å². The highest BCUT2D eigenvalue weighted by atomic mass is 32.1. The average Bonchev–Trinajstić information content (AvgIpc) is 3.14. The van der Waals surface area contributed by atoms with Gasteiger partial charge in [-0.25, -0.2) is 14.8 Å². The first-order chi connectivity index (χ1) is 13.5. The van der Waals surface area contributed by atoms with Crippen molar-refractivity contribution in [1.82, 2.24) is 9.97 Å². The van der Waals surface area contributed by atoms with Crippen LogP contribution in [0.15, 0.2) is 48.4 Å². The predicted octanol–water partition coefficient (Wildman–Crippen LogP) is 4.22. The summed E-state index contributed by atoms with van der Waals surface area (Å²) in [5, 5.41) is 23.4. The summed E-state index contributed by atoms with van der Waals surface area (Å²) in [6, 6.07) is 8.51. The predicted molar refractivity (Wildman–Crippen MR) is 111 cm³/mol. The van der Waals surface area contributed by atoms with Crippen LogP contribution in [0.3, 0.4) is 0 Å². The van der Waals surface area contributed by atoms with Crippen molar-refractivity contribution in [3.8, 4) is 10.7 Å². The molecular formula is C21H21N3O3S. The lowest BCUT2D eigenvalue weighted by molar-refractivity contribution is 0.0697. The summed E-state index contributed by atoms with van der Waals surface area (Å²) >= 11 is 1.54. The molecule has 28 heavy (non-hydrogen) atoms. The number of anilines is 2. The van der Waals surface area contributed by atoms with Crippen LogP contribution in [0, 0.1) is 6.92 Å². The SMILES string of the molecule is C=CCc1c(C)nc(-c2cc(CCO)cs2)nc1Nc1ccc(C(=O)O)cc1. The largest absolute Gasteiger partial charge is 0.478 e. The Balaban J connectivity index is 1.97. The first kappa shape index (κ1) is 19.7. The third-order valence-electron chi connectivity index (χ3n) is 4.23. The van der Waals surface area contributed by atoms with Crippen LogP contribution in [0.25, 0.3) is 10.7 Å². The number of aryl methyl sites for hydroxylation is 1. The number of carboxylic acid groups (broad SMARTS) is 1. The van der Waals surface area contributed by atoms with Gasteiger partial charge in [0.25, 0.3) is 0 Å². The number of hydrogen-bond acceptors (Lipinski definition) is 6. The van der Waals surface area contributed by atoms with Gasteiger partial charge in [0.2, 0.25) is 0 Å². The molecule has 0 aliphatic rings. The Labute approximate surface area is 167 Å². The zero-order chi connectivity index (χ0) is 20.1. The summed E-state index contributed by atoms with van der Waals surface area (Å²) in [5.74, 6) is 0.321. The van der Waals surface area contributed by atoms with Gasteiger partial charge >= 0.3 is 5.97 Å². The molecule has 3 rings (SSSR count). The van der Waals surface area contributed by atoms with Crippen LogP contribution in [0.2, 0.25) is 0 Å². The molecule has 0 saturated carbocycles. The van der Waals surface area contributed by atoms with Gasteiger partial charge in [-0.3, -0.25) is 0 Å². The molecule has 2 heterocycles. The molecule has 3 aromatic rings. The number of nitrogens with one attached hydrogen (secondary N) is 1. The van der Waals surface area contributed by atoms with E-state index in [0.717, 1.165) is 27.4 Å². The van der Waals surface area contributed by atoms with E-state index in [-0.39, 0.29) is 12.2 Å². The Morgan fingerprint density at radius 1 is 1.29 bits per heavy atom. The van der Waals surface area contributed by atoms with Gasteiger partial charge < -0.3 is 15.5 Å². The molecule has 0 unspecified atom stereocenters. The van der Waals surface area contributed by atoms with Crippen LogP contribution < -0.4 is 5.32 Å². The number of thiophene rings is 1. The van der Waals surface area contributed by atoms with Gasteiger partial charge in [0, 0.05) is 23.6 Å². The number of aliphatic hydroxyl groups excluding tert-OH is 1. The van der Waals surface area contributed by atoms with Gasteiger partial charge in [0.15, 0.2) is 5.82 Å². The van der Waals surface area contributed by atoms with Crippen LogP contribution in [-0.4, -0.2) is 32.8 Å². The lowest BCUT2D eigenvalue weighted by Gasteiger charge is -2.14. The minimum Gasteiger partial charge on any atom is -0.478 e. The molecular weight excluding hydrogens is 374 g/mol. The van der Waals surface area contributed by atoms with Crippen molar-refractivity contribution in [2.45, 2.75) is 19.8 Å². The number of benzene rings is 1. The molecule has 0 aliphatic heterocycles. The average molecular weight is 395 g/mol. The summed E-state index contributed by atoms with van der Waals surface area (Å²) < 4.78 is 0. The third kappa shape index (κ3) is 4.44. The number of hydrogen-bond donors (Lipinski definition) is 3. The normalized spacial score (nSPS) is 10.6. The lowest BCUT2D eigenvalue weighted by Crippen LogP contribution is -2.05. The molecule has 0 fully saturated rings. The second-order valence-electron chi connectivity index (χ2n) is 6.25. The third-order valence-corrected chi connectivity index (χ3v) is 5.21. The number of allylic oxidation sites excluding steroid dienone is 1. The van der Waals surface area contributed by atoms with E-state index < -0.39 is 5.97 Å². The number of nitrogens with zero attached hydrogens (tertiary/aromatic N) is 2. The van der Waals surface area contributed by atoms with Crippen LogP contribution >= 0.6 is 11.3 Å². The Morgan fingerprint density at radius 3 is 2.68 bits per heavy atom. The molecule has 0 spiro atoms. The van der Waals surface area contributed by atoms with Crippen molar-refractivity contribution >= 4 is 28.8 Å². The van der Waals surface area contributed by atoms with Crippen molar-refractivity contribution in [3.05, 3.63) is 70.8 Å². The van der Waals surface area contributed by atoms with Crippen molar-refractivity contribution < 1.29 is 15.0 Å². The van der Waals surface area contributed by atoms with E-state index in [1.807, 2.05) is 18.4 Å². The summed E-state index contributed by atoms with van der Waals surface area (Å²) in [4.78, 5) is 21.3. The molecule has 0 amide bonds. The number of aliphatic hydroxyl groups is 1. The molecule has 0 atom stereocenters. The highest BCUT2D eigenvalue weighted by Crippen LogP contribution is 2.29. The number of rotatable bonds is 8. The van der Waals surface area contributed by atoms with E-state index in [9.17, 15) is 4.79 Å². The Kier molecular flexibility index (Phi) is 6.18. The van der Waals surface area contributed by atoms with Gasteiger partial charge in [-0.15, -0.1) is 17.9 Å². The highest BCUT2D eigenvalue weighted by molar-refractivity contribution is 7.13. The molecule has 2 aromatic heterocycles. The van der Waals surface area contributed by atoms with Crippen LogP contribution in [-0.2, 0) is 12.8 Å². The molecule has 0 saturated heterocycles. The quantitative estimate of drug-likeness (QED) is 0.494. The molecule has 1 aromatic carbocycles. The van der Waals surface area contributed by atoms with E-state index in [4.69, 9.17) is 15.2 Å². The lowest BCUT2D eigenvalue weighted by atomic mass is 10.1. The zero-order valence-electron chi connectivity index (χ0n) is 15.5. The number of carboxylic acids is 1. The molecule has 0 radical (unpaired) electrons. The number of aromatic nitrogens is 2. The highest BCUT2D eigenvalue weighted by Gasteiger charge is 2.14. The minimum atomic E-state index is -0.963. The summed E-state index contributed by atoms with van der Waals surface area (Å²) in [5.41, 5.74) is 3.82. The first-order valence-electron chi connectivity index (χ1n) is 8.79. The fourth-order valence-electron chi connectivity index (χ4n) is 2.78. The number of aromatic carboxylic acids is 1. The molecule has 0 aliphatic carbocycles. The van der Waals surface area contributed by atoms with E-state index in [2.05, 4.69) is 16.9 Å². The second kappa shape index (κ2) is 8.77. The fraction of sp³-hybridized carbons (Fsp3) is 0.190. The molecule has 6 nitrogen and oxygen atoms in total. The Bertz CT molecular complexity index is 997. The van der Waals surface area contributed by atoms with Crippen molar-refractivity contribution in [2.75, 3.05) is 11.9 Å². The molecule has 3 N–H and O–H groups in total. The Morgan fingerprint density at radius 2 is 2.04 bits per heavy atom. The molecule has 7 heteroatoms. The summed E-state index contributed by atoms with van der Waals surface area (Å²) in [6.07, 6.45) is 3.02. The van der Waals surface area contributed by atoms with Crippen LogP contribution in [0.1, 0.15) is 27.2 Å². The van der Waals surface area contributed by atoms with Gasteiger partial charge in [-0.1, -0.05) is 6.08 Å². The standard InChI is InChI=1S/C21H21N3O3S/c1-3-4-17-13(2)22-20(18-11-14(9-10-25)12-28-18)24-19(17)23-16-7-5-15(6-8-16)21(26)27/h3,5-8,11-12,25H,1,4,9-10H2,2H3,(H,26,27)(H,22,23,24). The summed E-state index contributed by atoms with van der Waals surface area (Å²) in [7, 11) is 0.